The summed E-state index contributed by atoms with van der Waals surface area (Å²) in [5.74, 6) is -0.118. The standard InChI is InChI=1S/C22H23ClN4O2/c23-19-7-5-17(6-8-19)14-27-15-18(20-3-1-2-4-21(20)27)13-24-25-22(28)16-26-9-11-29-12-10-26/h1-8,13,15H,9-12,14,16H2,(H,25,28)/b24-13-. The van der Waals surface area contributed by atoms with Crippen LogP contribution in [0.25, 0.3) is 10.9 Å². The van der Waals surface area contributed by atoms with Gasteiger partial charge in [0.25, 0.3) is 5.91 Å². The molecule has 150 valence electrons. The number of nitrogens with zero attached hydrogens (tertiary/aromatic N) is 3. The molecule has 3 aromatic rings. The lowest BCUT2D eigenvalue weighted by Crippen LogP contribution is -2.42. The molecule has 1 saturated heterocycles. The molecule has 0 spiro atoms. The zero-order valence-corrected chi connectivity index (χ0v) is 16.8. The highest BCUT2D eigenvalue weighted by molar-refractivity contribution is 6.30. The second-order valence-electron chi connectivity index (χ2n) is 7.04. The van der Waals surface area contributed by atoms with Gasteiger partial charge < -0.3 is 9.30 Å². The lowest BCUT2D eigenvalue weighted by atomic mass is 10.2. The number of morpholine rings is 1. The minimum atomic E-state index is -0.118. The van der Waals surface area contributed by atoms with Crippen molar-refractivity contribution in [2.24, 2.45) is 5.10 Å². The minimum Gasteiger partial charge on any atom is -0.379 e. The molecular weight excluding hydrogens is 388 g/mol. The fraction of sp³-hybridized carbons (Fsp3) is 0.273. The van der Waals surface area contributed by atoms with Crippen LogP contribution >= 0.6 is 11.6 Å². The maximum Gasteiger partial charge on any atom is 0.254 e. The number of halogens is 1. The number of hydrogen-bond donors (Lipinski definition) is 1. The summed E-state index contributed by atoms with van der Waals surface area (Å²) < 4.78 is 7.48. The Kier molecular flexibility index (Phi) is 6.24. The van der Waals surface area contributed by atoms with Gasteiger partial charge in [-0.15, -0.1) is 0 Å². The third-order valence-corrected chi connectivity index (χ3v) is 5.20. The van der Waals surface area contributed by atoms with E-state index in [0.717, 1.165) is 46.7 Å². The van der Waals surface area contributed by atoms with Crippen molar-refractivity contribution in [2.45, 2.75) is 6.54 Å². The maximum absolute atomic E-state index is 12.1. The second kappa shape index (κ2) is 9.22. The van der Waals surface area contributed by atoms with Gasteiger partial charge in [0.2, 0.25) is 0 Å². The van der Waals surface area contributed by atoms with Crippen molar-refractivity contribution in [3.63, 3.8) is 0 Å². The van der Waals surface area contributed by atoms with E-state index in [-0.39, 0.29) is 5.91 Å². The van der Waals surface area contributed by atoms with Crippen LogP contribution in [-0.2, 0) is 16.1 Å². The predicted octanol–water partition coefficient (Wildman–Crippen LogP) is 3.13. The van der Waals surface area contributed by atoms with Gasteiger partial charge in [-0.3, -0.25) is 9.69 Å². The topological polar surface area (TPSA) is 58.9 Å². The molecular formula is C22H23ClN4O2. The summed E-state index contributed by atoms with van der Waals surface area (Å²) in [5.41, 5.74) is 5.87. The van der Waals surface area contributed by atoms with E-state index in [4.69, 9.17) is 16.3 Å². The van der Waals surface area contributed by atoms with E-state index in [9.17, 15) is 4.79 Å². The Morgan fingerprint density at radius 3 is 2.69 bits per heavy atom. The molecule has 29 heavy (non-hydrogen) atoms. The number of ether oxygens (including phenoxy) is 1. The van der Waals surface area contributed by atoms with Gasteiger partial charge in [-0.25, -0.2) is 5.43 Å². The molecule has 0 aliphatic carbocycles. The van der Waals surface area contributed by atoms with Gasteiger partial charge >= 0.3 is 0 Å². The SMILES string of the molecule is O=C(CN1CCOCC1)N/N=C\c1cn(Cc2ccc(Cl)cc2)c2ccccc12. The summed E-state index contributed by atoms with van der Waals surface area (Å²) in [6.45, 7) is 3.95. The molecule has 0 bridgehead atoms. The molecule has 1 amide bonds. The van der Waals surface area contributed by atoms with Crippen molar-refractivity contribution in [3.05, 3.63) is 70.9 Å². The van der Waals surface area contributed by atoms with Gasteiger partial charge in [0.05, 0.1) is 26.0 Å². The van der Waals surface area contributed by atoms with Crippen LogP contribution in [0.15, 0.2) is 59.8 Å². The van der Waals surface area contributed by atoms with Gasteiger partial charge in [-0.2, -0.15) is 5.10 Å². The highest BCUT2D eigenvalue weighted by Gasteiger charge is 2.13. The number of amides is 1. The summed E-state index contributed by atoms with van der Waals surface area (Å²) in [6, 6.07) is 16.0. The zero-order chi connectivity index (χ0) is 20.1. The van der Waals surface area contributed by atoms with Gasteiger partial charge in [0.15, 0.2) is 0 Å². The average molecular weight is 411 g/mol. The first-order chi connectivity index (χ1) is 14.2. The highest BCUT2D eigenvalue weighted by Crippen LogP contribution is 2.21. The molecule has 0 atom stereocenters. The number of nitrogens with one attached hydrogen (secondary N) is 1. The molecule has 6 nitrogen and oxygen atoms in total. The molecule has 4 rings (SSSR count). The molecule has 2 aromatic carbocycles. The largest absolute Gasteiger partial charge is 0.379 e. The molecule has 0 saturated carbocycles. The van der Waals surface area contributed by atoms with Gasteiger partial charge in [-0.1, -0.05) is 41.9 Å². The molecule has 1 fully saturated rings. The number of rotatable bonds is 6. The second-order valence-corrected chi connectivity index (χ2v) is 7.47. The number of hydrazone groups is 1. The first-order valence-electron chi connectivity index (χ1n) is 9.63. The number of para-hydroxylation sites is 1. The van der Waals surface area contributed by atoms with E-state index in [1.165, 1.54) is 0 Å². The number of benzene rings is 2. The molecule has 1 aliphatic rings. The zero-order valence-electron chi connectivity index (χ0n) is 16.1. The van der Waals surface area contributed by atoms with Crippen molar-refractivity contribution in [1.82, 2.24) is 14.9 Å². The molecule has 1 aromatic heterocycles. The Balaban J connectivity index is 1.46. The monoisotopic (exact) mass is 410 g/mol. The fourth-order valence-electron chi connectivity index (χ4n) is 3.47. The lowest BCUT2D eigenvalue weighted by molar-refractivity contribution is -0.123. The lowest BCUT2D eigenvalue weighted by Gasteiger charge is -2.25. The predicted molar refractivity (Wildman–Crippen MR) is 115 cm³/mol. The molecule has 0 radical (unpaired) electrons. The Bertz CT molecular complexity index is 1010. The smallest absolute Gasteiger partial charge is 0.254 e. The van der Waals surface area contributed by atoms with Crippen LogP contribution in [-0.4, -0.2) is 54.4 Å². The summed E-state index contributed by atoms with van der Waals surface area (Å²) in [6.07, 6.45) is 3.76. The van der Waals surface area contributed by atoms with Crippen LogP contribution in [0.5, 0.6) is 0 Å². The highest BCUT2D eigenvalue weighted by atomic mass is 35.5. The first-order valence-corrected chi connectivity index (χ1v) is 10.0. The van der Waals surface area contributed by atoms with Crippen molar-refractivity contribution >= 4 is 34.6 Å². The Morgan fingerprint density at radius 1 is 1.14 bits per heavy atom. The normalized spacial score (nSPS) is 15.2. The molecule has 7 heteroatoms. The summed E-state index contributed by atoms with van der Waals surface area (Å²) in [5, 5.41) is 5.99. The molecule has 2 heterocycles. The van der Waals surface area contributed by atoms with E-state index < -0.39 is 0 Å². The number of aromatic nitrogens is 1. The third-order valence-electron chi connectivity index (χ3n) is 4.95. The number of carbonyl (C=O) groups excluding carboxylic acids is 1. The maximum atomic E-state index is 12.1. The van der Waals surface area contributed by atoms with E-state index in [0.29, 0.717) is 19.8 Å². The van der Waals surface area contributed by atoms with Gasteiger partial charge in [0, 0.05) is 47.3 Å². The average Bonchev–Trinajstić information content (AvgIpc) is 3.08. The van der Waals surface area contributed by atoms with Crippen LogP contribution in [0, 0.1) is 0 Å². The number of carbonyl (C=O) groups is 1. The minimum absolute atomic E-state index is 0.118. The van der Waals surface area contributed by atoms with Crippen LogP contribution < -0.4 is 5.43 Å². The first kappa shape index (κ1) is 19.6. The molecule has 0 unspecified atom stereocenters. The van der Waals surface area contributed by atoms with Crippen molar-refractivity contribution in [3.8, 4) is 0 Å². The quantitative estimate of drug-likeness (QED) is 0.501. The molecule has 1 aliphatic heterocycles. The third kappa shape index (κ3) is 5.03. The fourth-order valence-corrected chi connectivity index (χ4v) is 3.59. The van der Waals surface area contributed by atoms with E-state index >= 15 is 0 Å². The van der Waals surface area contributed by atoms with Crippen molar-refractivity contribution in [2.75, 3.05) is 32.8 Å². The van der Waals surface area contributed by atoms with Crippen LogP contribution in [0.2, 0.25) is 5.02 Å². The van der Waals surface area contributed by atoms with E-state index in [2.05, 4.69) is 38.3 Å². The Labute approximate surface area is 174 Å². The summed E-state index contributed by atoms with van der Waals surface area (Å²) >= 11 is 5.99. The van der Waals surface area contributed by atoms with Crippen LogP contribution in [0.4, 0.5) is 0 Å². The summed E-state index contributed by atoms with van der Waals surface area (Å²) in [7, 11) is 0. The Hall–Kier alpha value is -2.67. The van der Waals surface area contributed by atoms with Crippen molar-refractivity contribution in [1.29, 1.82) is 0 Å². The number of hydrogen-bond acceptors (Lipinski definition) is 4. The van der Waals surface area contributed by atoms with Crippen LogP contribution in [0.3, 0.4) is 0 Å². The van der Waals surface area contributed by atoms with Crippen molar-refractivity contribution < 1.29 is 9.53 Å². The van der Waals surface area contributed by atoms with E-state index in [1.54, 1.807) is 6.21 Å². The Morgan fingerprint density at radius 2 is 1.90 bits per heavy atom. The molecule has 1 N–H and O–H groups in total. The number of fused-ring (bicyclic) bond motifs is 1. The van der Waals surface area contributed by atoms with Gasteiger partial charge in [0.1, 0.15) is 0 Å². The van der Waals surface area contributed by atoms with Crippen LogP contribution in [0.1, 0.15) is 11.1 Å². The van der Waals surface area contributed by atoms with Gasteiger partial charge in [-0.05, 0) is 23.8 Å². The van der Waals surface area contributed by atoms with E-state index in [1.807, 2.05) is 36.4 Å². The summed E-state index contributed by atoms with van der Waals surface area (Å²) in [4.78, 5) is 14.2.